The van der Waals surface area contributed by atoms with Gasteiger partial charge in [0.15, 0.2) is 0 Å². The standard InChI is InChI=1S/C10H17N3O4/c1-6(15)12-7(5-14)10(17)13-4-2-3-8(13)9(11)16/h7-8,14H,2-5H2,1H3,(H2,11,16)(H,12,15)/t7-,8-/m0/s1. The van der Waals surface area contributed by atoms with Crippen molar-refractivity contribution in [2.75, 3.05) is 13.2 Å². The van der Waals surface area contributed by atoms with Gasteiger partial charge in [-0.1, -0.05) is 0 Å². The molecule has 1 heterocycles. The fraction of sp³-hybridized carbons (Fsp3) is 0.700. The first-order valence-electron chi connectivity index (χ1n) is 5.45. The summed E-state index contributed by atoms with van der Waals surface area (Å²) in [4.78, 5) is 35.3. The normalized spacial score (nSPS) is 21.1. The van der Waals surface area contributed by atoms with Crippen molar-refractivity contribution < 1.29 is 19.5 Å². The molecule has 1 aliphatic rings. The Bertz CT molecular complexity index is 332. The van der Waals surface area contributed by atoms with Crippen molar-refractivity contribution in [1.82, 2.24) is 10.2 Å². The maximum absolute atomic E-state index is 12.0. The van der Waals surface area contributed by atoms with Gasteiger partial charge in [0, 0.05) is 13.5 Å². The zero-order chi connectivity index (χ0) is 13.0. The molecule has 1 rings (SSSR count). The van der Waals surface area contributed by atoms with E-state index >= 15 is 0 Å². The minimum Gasteiger partial charge on any atom is -0.394 e. The Morgan fingerprint density at radius 3 is 2.65 bits per heavy atom. The van der Waals surface area contributed by atoms with Crippen molar-refractivity contribution in [2.24, 2.45) is 5.73 Å². The number of hydrogen-bond acceptors (Lipinski definition) is 4. The van der Waals surface area contributed by atoms with E-state index < -0.39 is 36.4 Å². The van der Waals surface area contributed by atoms with Gasteiger partial charge in [0.25, 0.3) is 0 Å². The predicted molar refractivity (Wildman–Crippen MR) is 58.6 cm³/mol. The van der Waals surface area contributed by atoms with Gasteiger partial charge < -0.3 is 21.1 Å². The summed E-state index contributed by atoms with van der Waals surface area (Å²) >= 11 is 0. The van der Waals surface area contributed by atoms with E-state index in [-0.39, 0.29) is 0 Å². The number of carbonyl (C=O) groups excluding carboxylic acids is 3. The second-order valence-corrected chi connectivity index (χ2v) is 4.03. The average Bonchev–Trinajstić information content (AvgIpc) is 2.73. The van der Waals surface area contributed by atoms with E-state index in [0.29, 0.717) is 19.4 Å². The molecule has 3 amide bonds. The second-order valence-electron chi connectivity index (χ2n) is 4.03. The summed E-state index contributed by atoms with van der Waals surface area (Å²) in [5.74, 6) is -1.44. The Kier molecular flexibility index (Phi) is 4.45. The van der Waals surface area contributed by atoms with E-state index in [1.54, 1.807) is 0 Å². The zero-order valence-electron chi connectivity index (χ0n) is 9.68. The molecule has 2 atom stereocenters. The lowest BCUT2D eigenvalue weighted by molar-refractivity contribution is -0.141. The first-order chi connectivity index (χ1) is 7.97. The van der Waals surface area contributed by atoms with E-state index in [0.717, 1.165) is 0 Å². The lowest BCUT2D eigenvalue weighted by atomic mass is 10.2. The number of nitrogens with one attached hydrogen (secondary N) is 1. The van der Waals surface area contributed by atoms with Gasteiger partial charge in [0.05, 0.1) is 6.61 Å². The van der Waals surface area contributed by atoms with Crippen LogP contribution in [0.1, 0.15) is 19.8 Å². The lowest BCUT2D eigenvalue weighted by Crippen LogP contribution is -2.53. The van der Waals surface area contributed by atoms with Crippen LogP contribution >= 0.6 is 0 Å². The van der Waals surface area contributed by atoms with Gasteiger partial charge in [0.2, 0.25) is 17.7 Å². The quantitative estimate of drug-likeness (QED) is 0.528. The van der Waals surface area contributed by atoms with E-state index in [1.807, 2.05) is 0 Å². The first-order valence-corrected chi connectivity index (χ1v) is 5.45. The molecular formula is C10H17N3O4. The third-order valence-electron chi connectivity index (χ3n) is 2.72. The summed E-state index contributed by atoms with van der Waals surface area (Å²) in [6.07, 6.45) is 1.22. The third-order valence-corrected chi connectivity index (χ3v) is 2.72. The minimum absolute atomic E-state index is 0.410. The van der Waals surface area contributed by atoms with Gasteiger partial charge in [-0.05, 0) is 12.8 Å². The molecule has 0 aliphatic carbocycles. The first kappa shape index (κ1) is 13.4. The van der Waals surface area contributed by atoms with Gasteiger partial charge in [-0.2, -0.15) is 0 Å². The number of carbonyl (C=O) groups is 3. The molecule has 0 aromatic rings. The van der Waals surface area contributed by atoms with Crippen LogP contribution in [0.3, 0.4) is 0 Å². The Hall–Kier alpha value is -1.63. The molecule has 0 aromatic heterocycles. The SMILES string of the molecule is CC(=O)N[C@@H](CO)C(=O)N1CCC[C@H]1C(N)=O. The van der Waals surface area contributed by atoms with Crippen LogP contribution in [0.4, 0.5) is 0 Å². The molecule has 17 heavy (non-hydrogen) atoms. The largest absolute Gasteiger partial charge is 0.394 e. The molecule has 4 N–H and O–H groups in total. The summed E-state index contributed by atoms with van der Waals surface area (Å²) in [6, 6.07) is -1.64. The lowest BCUT2D eigenvalue weighted by Gasteiger charge is -2.26. The number of amides is 3. The fourth-order valence-corrected chi connectivity index (χ4v) is 1.96. The number of rotatable bonds is 4. The fourth-order valence-electron chi connectivity index (χ4n) is 1.96. The summed E-state index contributed by atoms with van der Waals surface area (Å²) in [5, 5.41) is 11.4. The highest BCUT2D eigenvalue weighted by Crippen LogP contribution is 2.17. The van der Waals surface area contributed by atoms with Gasteiger partial charge >= 0.3 is 0 Å². The number of nitrogens with zero attached hydrogens (tertiary/aromatic N) is 1. The maximum Gasteiger partial charge on any atom is 0.248 e. The highest BCUT2D eigenvalue weighted by atomic mass is 16.3. The van der Waals surface area contributed by atoms with E-state index in [2.05, 4.69) is 5.32 Å². The van der Waals surface area contributed by atoms with E-state index in [1.165, 1.54) is 11.8 Å². The summed E-state index contributed by atoms with van der Waals surface area (Å²) in [7, 11) is 0. The van der Waals surface area contributed by atoms with Crippen molar-refractivity contribution in [3.8, 4) is 0 Å². The summed E-state index contributed by atoms with van der Waals surface area (Å²) < 4.78 is 0. The van der Waals surface area contributed by atoms with Crippen molar-refractivity contribution in [2.45, 2.75) is 31.8 Å². The van der Waals surface area contributed by atoms with Crippen molar-refractivity contribution in [3.63, 3.8) is 0 Å². The Morgan fingerprint density at radius 2 is 2.18 bits per heavy atom. The third kappa shape index (κ3) is 3.16. The monoisotopic (exact) mass is 243 g/mol. The molecule has 1 aliphatic heterocycles. The Balaban J connectivity index is 2.73. The average molecular weight is 243 g/mol. The van der Waals surface area contributed by atoms with Crippen LogP contribution in [0.15, 0.2) is 0 Å². The van der Waals surface area contributed by atoms with Crippen LogP contribution in [0.2, 0.25) is 0 Å². The molecular weight excluding hydrogens is 226 g/mol. The van der Waals surface area contributed by atoms with Crippen LogP contribution in [0.25, 0.3) is 0 Å². The molecule has 1 fully saturated rings. The number of hydrogen-bond donors (Lipinski definition) is 3. The van der Waals surface area contributed by atoms with Crippen LogP contribution < -0.4 is 11.1 Å². The van der Waals surface area contributed by atoms with Crippen molar-refractivity contribution >= 4 is 17.7 Å². The van der Waals surface area contributed by atoms with Gasteiger partial charge in [-0.25, -0.2) is 0 Å². The topological polar surface area (TPSA) is 113 Å². The molecule has 0 saturated carbocycles. The smallest absolute Gasteiger partial charge is 0.248 e. The van der Waals surface area contributed by atoms with Crippen LogP contribution in [0.5, 0.6) is 0 Å². The highest BCUT2D eigenvalue weighted by Gasteiger charge is 2.36. The molecule has 0 unspecified atom stereocenters. The maximum atomic E-state index is 12.0. The van der Waals surface area contributed by atoms with Crippen LogP contribution in [-0.2, 0) is 14.4 Å². The zero-order valence-corrected chi connectivity index (χ0v) is 9.68. The number of primary amides is 1. The van der Waals surface area contributed by atoms with Gasteiger partial charge in [-0.15, -0.1) is 0 Å². The molecule has 1 saturated heterocycles. The Labute approximate surface area is 98.9 Å². The van der Waals surface area contributed by atoms with Crippen molar-refractivity contribution in [1.29, 1.82) is 0 Å². The van der Waals surface area contributed by atoms with Gasteiger partial charge in [0.1, 0.15) is 12.1 Å². The molecule has 0 aromatic carbocycles. The van der Waals surface area contributed by atoms with E-state index in [4.69, 9.17) is 10.8 Å². The number of aliphatic hydroxyl groups excluding tert-OH is 1. The molecule has 7 heteroatoms. The molecule has 0 bridgehead atoms. The van der Waals surface area contributed by atoms with Crippen LogP contribution in [-0.4, -0.2) is 53.0 Å². The van der Waals surface area contributed by atoms with E-state index in [9.17, 15) is 14.4 Å². The molecule has 96 valence electrons. The molecule has 0 spiro atoms. The second kappa shape index (κ2) is 5.62. The summed E-state index contributed by atoms with van der Waals surface area (Å²) in [5.41, 5.74) is 5.19. The molecule has 0 radical (unpaired) electrons. The van der Waals surface area contributed by atoms with Crippen molar-refractivity contribution in [3.05, 3.63) is 0 Å². The Morgan fingerprint density at radius 1 is 1.53 bits per heavy atom. The van der Waals surface area contributed by atoms with Crippen LogP contribution in [0, 0.1) is 0 Å². The number of aliphatic hydroxyl groups is 1. The molecule has 7 nitrogen and oxygen atoms in total. The minimum atomic E-state index is -1.01. The highest BCUT2D eigenvalue weighted by molar-refractivity contribution is 5.91. The number of nitrogens with two attached hydrogens (primary N) is 1. The summed E-state index contributed by atoms with van der Waals surface area (Å²) in [6.45, 7) is 1.18. The van der Waals surface area contributed by atoms with Gasteiger partial charge in [-0.3, -0.25) is 14.4 Å². The predicted octanol–water partition coefficient (Wildman–Crippen LogP) is -2.04. The number of likely N-dealkylation sites (tertiary alicyclic amines) is 1.